The fourth-order valence-electron chi connectivity index (χ4n) is 2.81. The van der Waals surface area contributed by atoms with Gasteiger partial charge in [0.15, 0.2) is 0 Å². The number of likely N-dealkylation sites (tertiary alicyclic amines) is 1. The molecule has 1 fully saturated rings. The van der Waals surface area contributed by atoms with Crippen molar-refractivity contribution in [3.8, 4) is 5.75 Å². The molecule has 0 spiro atoms. The molecule has 106 valence electrons. The Kier molecular flexibility index (Phi) is 4.48. The molecule has 1 aliphatic heterocycles. The number of aliphatic hydroxyl groups is 1. The number of ether oxygens (including phenoxy) is 1. The molecular weight excluding hydrogens is 238 g/mol. The average molecular weight is 263 g/mol. The lowest BCUT2D eigenvalue weighted by atomic mass is 9.83. The number of benzene rings is 1. The van der Waals surface area contributed by atoms with Crippen molar-refractivity contribution in [2.75, 3.05) is 20.7 Å². The molecule has 3 nitrogen and oxygen atoms in total. The zero-order valence-corrected chi connectivity index (χ0v) is 12.2. The molecule has 1 saturated heterocycles. The number of hydrogen-bond acceptors (Lipinski definition) is 3. The predicted molar refractivity (Wildman–Crippen MR) is 77.6 cm³/mol. The van der Waals surface area contributed by atoms with Gasteiger partial charge in [0.1, 0.15) is 5.75 Å². The topological polar surface area (TPSA) is 32.7 Å². The number of aryl methyl sites for hydroxylation is 1. The molecule has 0 amide bonds. The summed E-state index contributed by atoms with van der Waals surface area (Å²) in [5, 5.41) is 10.7. The van der Waals surface area contributed by atoms with Gasteiger partial charge < -0.3 is 14.7 Å². The second kappa shape index (κ2) is 5.93. The Morgan fingerprint density at radius 2 is 2.05 bits per heavy atom. The van der Waals surface area contributed by atoms with Crippen molar-refractivity contribution in [3.05, 3.63) is 29.8 Å². The maximum Gasteiger partial charge on any atom is 0.118 e. The van der Waals surface area contributed by atoms with Crippen molar-refractivity contribution >= 4 is 0 Å². The lowest BCUT2D eigenvalue weighted by Gasteiger charge is -2.41. The molecule has 2 unspecified atom stereocenters. The lowest BCUT2D eigenvalue weighted by molar-refractivity contribution is -0.0415. The summed E-state index contributed by atoms with van der Waals surface area (Å²) in [4.78, 5) is 2.32. The van der Waals surface area contributed by atoms with Crippen LogP contribution in [0, 0.1) is 0 Å². The van der Waals surface area contributed by atoms with Gasteiger partial charge in [0, 0.05) is 12.6 Å². The highest BCUT2D eigenvalue weighted by Gasteiger charge is 2.34. The van der Waals surface area contributed by atoms with Crippen LogP contribution in [0.5, 0.6) is 5.75 Å². The van der Waals surface area contributed by atoms with Crippen LogP contribution >= 0.6 is 0 Å². The van der Waals surface area contributed by atoms with Crippen LogP contribution in [0.15, 0.2) is 24.3 Å². The molecule has 1 aromatic rings. The van der Waals surface area contributed by atoms with E-state index in [4.69, 9.17) is 4.74 Å². The summed E-state index contributed by atoms with van der Waals surface area (Å²) in [5.41, 5.74) is 0.770. The van der Waals surface area contributed by atoms with Crippen molar-refractivity contribution in [2.24, 2.45) is 0 Å². The fraction of sp³-hybridized carbons (Fsp3) is 0.625. The van der Waals surface area contributed by atoms with Crippen LogP contribution in [0.2, 0.25) is 0 Å². The van der Waals surface area contributed by atoms with Crippen LogP contribution in [-0.4, -0.2) is 42.4 Å². The first-order valence-electron chi connectivity index (χ1n) is 7.08. The van der Waals surface area contributed by atoms with Crippen LogP contribution in [0.4, 0.5) is 0 Å². The minimum Gasteiger partial charge on any atom is -0.497 e. The maximum atomic E-state index is 10.7. The summed E-state index contributed by atoms with van der Waals surface area (Å²) in [6, 6.07) is 8.60. The highest BCUT2D eigenvalue weighted by atomic mass is 16.5. The van der Waals surface area contributed by atoms with E-state index in [0.717, 1.165) is 38.0 Å². The molecule has 1 N–H and O–H groups in total. The minimum absolute atomic E-state index is 0.467. The van der Waals surface area contributed by atoms with Gasteiger partial charge in [0.05, 0.1) is 12.7 Å². The molecule has 1 heterocycles. The summed E-state index contributed by atoms with van der Waals surface area (Å²) >= 11 is 0. The van der Waals surface area contributed by atoms with E-state index < -0.39 is 5.60 Å². The van der Waals surface area contributed by atoms with Gasteiger partial charge in [-0.05, 0) is 57.4 Å². The molecule has 0 radical (unpaired) electrons. The Bertz CT molecular complexity index is 404. The van der Waals surface area contributed by atoms with E-state index in [2.05, 4.69) is 31.0 Å². The van der Waals surface area contributed by atoms with Crippen molar-refractivity contribution in [2.45, 2.75) is 44.2 Å². The van der Waals surface area contributed by atoms with Crippen molar-refractivity contribution in [3.63, 3.8) is 0 Å². The van der Waals surface area contributed by atoms with E-state index >= 15 is 0 Å². The van der Waals surface area contributed by atoms with E-state index in [-0.39, 0.29) is 0 Å². The summed E-state index contributed by atoms with van der Waals surface area (Å²) in [5.74, 6) is 0.885. The average Bonchev–Trinajstić information content (AvgIpc) is 2.42. The zero-order valence-electron chi connectivity index (χ0n) is 12.2. The van der Waals surface area contributed by atoms with E-state index in [9.17, 15) is 5.11 Å². The Balaban J connectivity index is 1.90. The minimum atomic E-state index is -0.494. The molecule has 3 heteroatoms. The van der Waals surface area contributed by atoms with Crippen molar-refractivity contribution in [1.82, 2.24) is 4.90 Å². The SMILES string of the molecule is COc1ccc(CCC2(O)CCN(C)C(C)C2)cc1. The van der Waals surface area contributed by atoms with E-state index in [1.807, 2.05) is 12.1 Å². The molecule has 19 heavy (non-hydrogen) atoms. The zero-order chi connectivity index (χ0) is 13.9. The van der Waals surface area contributed by atoms with E-state index in [0.29, 0.717) is 6.04 Å². The first-order valence-corrected chi connectivity index (χ1v) is 7.08. The van der Waals surface area contributed by atoms with Gasteiger partial charge in [0.25, 0.3) is 0 Å². The predicted octanol–water partition coefficient (Wildman–Crippen LogP) is 2.47. The Labute approximate surface area is 116 Å². The second-order valence-corrected chi connectivity index (χ2v) is 5.86. The van der Waals surface area contributed by atoms with E-state index in [1.165, 1.54) is 5.56 Å². The van der Waals surface area contributed by atoms with Gasteiger partial charge in [-0.15, -0.1) is 0 Å². The van der Waals surface area contributed by atoms with Crippen LogP contribution in [0.1, 0.15) is 31.7 Å². The third-order valence-corrected chi connectivity index (χ3v) is 4.40. The second-order valence-electron chi connectivity index (χ2n) is 5.86. The third-order valence-electron chi connectivity index (χ3n) is 4.40. The molecule has 2 atom stereocenters. The number of hydrogen-bond donors (Lipinski definition) is 1. The number of rotatable bonds is 4. The van der Waals surface area contributed by atoms with Crippen LogP contribution in [0.25, 0.3) is 0 Å². The van der Waals surface area contributed by atoms with Crippen LogP contribution in [0.3, 0.4) is 0 Å². The summed E-state index contributed by atoms with van der Waals surface area (Å²) in [6.45, 7) is 3.18. The standard InChI is InChI=1S/C16H25NO2/c1-13-12-16(18,10-11-17(13)2)9-8-14-4-6-15(19-3)7-5-14/h4-7,13,18H,8-12H2,1-3H3. The third kappa shape index (κ3) is 3.71. The van der Waals surface area contributed by atoms with E-state index in [1.54, 1.807) is 7.11 Å². The lowest BCUT2D eigenvalue weighted by Crippen LogP contribution is -2.47. The van der Waals surface area contributed by atoms with Crippen LogP contribution < -0.4 is 4.74 Å². The number of methoxy groups -OCH3 is 1. The molecule has 0 aliphatic carbocycles. The molecule has 2 rings (SSSR count). The largest absolute Gasteiger partial charge is 0.497 e. The Hall–Kier alpha value is -1.06. The molecule has 0 aromatic heterocycles. The van der Waals surface area contributed by atoms with Gasteiger partial charge in [-0.3, -0.25) is 0 Å². The highest BCUT2D eigenvalue weighted by Crippen LogP contribution is 2.30. The van der Waals surface area contributed by atoms with Gasteiger partial charge in [-0.25, -0.2) is 0 Å². The number of nitrogens with zero attached hydrogens (tertiary/aromatic N) is 1. The van der Waals surface area contributed by atoms with Crippen molar-refractivity contribution < 1.29 is 9.84 Å². The fourth-order valence-corrected chi connectivity index (χ4v) is 2.81. The first kappa shape index (κ1) is 14.4. The maximum absolute atomic E-state index is 10.7. The number of piperidine rings is 1. The Morgan fingerprint density at radius 1 is 1.37 bits per heavy atom. The Morgan fingerprint density at radius 3 is 2.63 bits per heavy atom. The molecular formula is C16H25NO2. The summed E-state index contributed by atoms with van der Waals surface area (Å²) in [6.07, 6.45) is 3.53. The van der Waals surface area contributed by atoms with Gasteiger partial charge in [-0.2, -0.15) is 0 Å². The smallest absolute Gasteiger partial charge is 0.118 e. The first-order chi connectivity index (χ1) is 9.02. The molecule has 0 saturated carbocycles. The van der Waals surface area contributed by atoms with Crippen molar-refractivity contribution in [1.29, 1.82) is 0 Å². The quantitative estimate of drug-likeness (QED) is 0.906. The van der Waals surface area contributed by atoms with Crippen LogP contribution in [-0.2, 0) is 6.42 Å². The van der Waals surface area contributed by atoms with Gasteiger partial charge in [-0.1, -0.05) is 12.1 Å². The van der Waals surface area contributed by atoms with Gasteiger partial charge >= 0.3 is 0 Å². The monoisotopic (exact) mass is 263 g/mol. The van der Waals surface area contributed by atoms with Gasteiger partial charge in [0.2, 0.25) is 0 Å². The normalized spacial score (nSPS) is 28.3. The highest BCUT2D eigenvalue weighted by molar-refractivity contribution is 5.27. The summed E-state index contributed by atoms with van der Waals surface area (Å²) < 4.78 is 5.15. The molecule has 1 aromatic carbocycles. The summed E-state index contributed by atoms with van der Waals surface area (Å²) in [7, 11) is 3.81. The molecule has 0 bridgehead atoms. The molecule has 1 aliphatic rings.